The van der Waals surface area contributed by atoms with Gasteiger partial charge in [0, 0.05) is 62.4 Å². The lowest BCUT2D eigenvalue weighted by Gasteiger charge is -2.33. The minimum Gasteiger partial charge on any atom is -0.353 e. The first kappa shape index (κ1) is 23.9. The summed E-state index contributed by atoms with van der Waals surface area (Å²) < 4.78 is 2.01. The lowest BCUT2D eigenvalue weighted by atomic mass is 10.1. The van der Waals surface area contributed by atoms with E-state index in [0.29, 0.717) is 40.4 Å². The molecule has 0 amide bonds. The molecule has 0 radical (unpaired) electrons. The van der Waals surface area contributed by atoms with Gasteiger partial charge in [-0.05, 0) is 19.3 Å². The molecule has 4 aliphatic rings. The molecule has 0 atom stereocenters. The van der Waals surface area contributed by atoms with Crippen LogP contribution in [0.25, 0.3) is 50.9 Å². The van der Waals surface area contributed by atoms with Crippen LogP contribution in [0.3, 0.4) is 0 Å². The summed E-state index contributed by atoms with van der Waals surface area (Å²) in [6.07, 6.45) is 10.2. The number of hydrogen-bond acceptors (Lipinski definition) is 12. The number of rotatable bonds is 4. The van der Waals surface area contributed by atoms with Crippen LogP contribution in [-0.2, 0) is 0 Å². The zero-order valence-corrected chi connectivity index (χ0v) is 22.3. The molecule has 204 valence electrons. The summed E-state index contributed by atoms with van der Waals surface area (Å²) >= 11 is 0. The summed E-state index contributed by atoms with van der Waals surface area (Å²) in [5.41, 5.74) is 1.82. The molecule has 41 heavy (non-hydrogen) atoms. The van der Waals surface area contributed by atoms with Gasteiger partial charge in [0.2, 0.25) is 5.95 Å². The Kier molecular flexibility index (Phi) is 5.80. The van der Waals surface area contributed by atoms with Crippen LogP contribution < -0.4 is 15.1 Å². The van der Waals surface area contributed by atoms with Gasteiger partial charge in [-0.15, -0.1) is 5.10 Å². The SMILES string of the molecule is c1ccc2c(-n3c(-c4ncc5nccnc5n4)nc4nc(N5CCCCC5)nc-4c3N3CCNCC3)nncc2c1. The molecule has 4 aromatic rings. The highest BCUT2D eigenvalue weighted by molar-refractivity contribution is 5.90. The molecule has 0 bridgehead atoms. The second-order valence-electron chi connectivity index (χ2n) is 10.3. The number of nitrogens with zero attached hydrogens (tertiary/aromatic N) is 12. The molecule has 0 unspecified atom stereocenters. The number of imidazole rings is 1. The fourth-order valence-corrected chi connectivity index (χ4v) is 5.72. The molecule has 8 rings (SSSR count). The Balaban J connectivity index is 1.46. The van der Waals surface area contributed by atoms with Crippen LogP contribution >= 0.6 is 0 Å². The summed E-state index contributed by atoms with van der Waals surface area (Å²) in [6, 6.07) is 8.08. The number of piperazine rings is 1. The van der Waals surface area contributed by atoms with Crippen molar-refractivity contribution in [2.75, 3.05) is 49.1 Å². The standard InChI is InChI=1S/C28H27N13/c1-4-12-40(13-5-1)28-34-21-23(37-28)36-26(24-32-17-20-22(35-24)31-9-8-30-20)41(27(21)39-14-10-29-11-15-39)25-19-7-3-2-6-18(19)16-33-38-25/h2-3,6-9,16-17,29H,1,4-5,10-15H2. The Bertz CT molecular complexity index is 1830. The van der Waals surface area contributed by atoms with E-state index < -0.39 is 0 Å². The van der Waals surface area contributed by atoms with Crippen molar-refractivity contribution < 1.29 is 0 Å². The van der Waals surface area contributed by atoms with Crippen LogP contribution in [0.15, 0.2) is 49.1 Å². The predicted octanol–water partition coefficient (Wildman–Crippen LogP) is 2.51. The van der Waals surface area contributed by atoms with Crippen LogP contribution in [0.5, 0.6) is 0 Å². The van der Waals surface area contributed by atoms with Gasteiger partial charge in [0.05, 0.1) is 12.4 Å². The zero-order chi connectivity index (χ0) is 27.2. The Morgan fingerprint density at radius 2 is 1.59 bits per heavy atom. The molecule has 2 fully saturated rings. The second kappa shape index (κ2) is 9.93. The second-order valence-corrected chi connectivity index (χ2v) is 10.3. The van der Waals surface area contributed by atoms with Gasteiger partial charge in [-0.1, -0.05) is 24.3 Å². The Hall–Kier alpha value is -4.91. The van der Waals surface area contributed by atoms with Crippen LogP contribution in [0.2, 0.25) is 0 Å². The molecule has 7 heterocycles. The van der Waals surface area contributed by atoms with Gasteiger partial charge in [0.25, 0.3) is 0 Å². The minimum absolute atomic E-state index is 0.397. The van der Waals surface area contributed by atoms with E-state index in [2.05, 4.69) is 35.3 Å². The third-order valence-corrected chi connectivity index (χ3v) is 7.72. The predicted molar refractivity (Wildman–Crippen MR) is 154 cm³/mol. The van der Waals surface area contributed by atoms with Crippen molar-refractivity contribution in [3.8, 4) is 29.0 Å². The fraction of sp³-hybridized carbons (Fsp3) is 0.321. The quantitative estimate of drug-likeness (QED) is 0.348. The Labute approximate surface area is 235 Å². The summed E-state index contributed by atoms with van der Waals surface area (Å²) in [5.74, 6) is 3.65. The van der Waals surface area contributed by atoms with Gasteiger partial charge in [-0.2, -0.15) is 10.1 Å². The van der Waals surface area contributed by atoms with Crippen molar-refractivity contribution in [3.63, 3.8) is 0 Å². The van der Waals surface area contributed by atoms with Gasteiger partial charge < -0.3 is 15.1 Å². The highest BCUT2D eigenvalue weighted by Crippen LogP contribution is 2.38. The first-order chi connectivity index (χ1) is 20.3. The first-order valence-corrected chi connectivity index (χ1v) is 14.0. The number of nitrogens with one attached hydrogen (secondary N) is 1. The van der Waals surface area contributed by atoms with Crippen molar-refractivity contribution in [2.45, 2.75) is 19.3 Å². The van der Waals surface area contributed by atoms with Gasteiger partial charge in [0.15, 0.2) is 34.6 Å². The molecule has 13 nitrogen and oxygen atoms in total. The fourth-order valence-electron chi connectivity index (χ4n) is 5.72. The van der Waals surface area contributed by atoms with E-state index in [0.717, 1.165) is 74.4 Å². The largest absolute Gasteiger partial charge is 0.353 e. The van der Waals surface area contributed by atoms with Gasteiger partial charge in [0.1, 0.15) is 11.3 Å². The van der Waals surface area contributed by atoms with Crippen molar-refractivity contribution in [2.24, 2.45) is 0 Å². The number of fused-ring (bicyclic) bond motifs is 3. The molecule has 1 N–H and O–H groups in total. The van der Waals surface area contributed by atoms with Gasteiger partial charge in [-0.3, -0.25) is 4.57 Å². The highest BCUT2D eigenvalue weighted by atomic mass is 15.4. The molecule has 2 saturated heterocycles. The Morgan fingerprint density at radius 1 is 0.732 bits per heavy atom. The topological polar surface area (TPSA) is 139 Å². The molecule has 3 aromatic heterocycles. The normalized spacial score (nSPS) is 16.2. The van der Waals surface area contributed by atoms with E-state index in [4.69, 9.17) is 24.9 Å². The summed E-state index contributed by atoms with van der Waals surface area (Å²) in [5, 5.41) is 14.4. The molecular formula is C28H27N13. The number of hydrogen-bond donors (Lipinski definition) is 1. The van der Waals surface area contributed by atoms with Crippen molar-refractivity contribution in [3.05, 3.63) is 49.1 Å². The highest BCUT2D eigenvalue weighted by Gasteiger charge is 2.32. The van der Waals surface area contributed by atoms with E-state index in [1.165, 1.54) is 6.42 Å². The van der Waals surface area contributed by atoms with Crippen molar-refractivity contribution >= 4 is 33.7 Å². The molecular weight excluding hydrogens is 518 g/mol. The summed E-state index contributed by atoms with van der Waals surface area (Å²) in [6.45, 7) is 5.13. The lowest BCUT2D eigenvalue weighted by Crippen LogP contribution is -2.45. The molecule has 0 aliphatic carbocycles. The monoisotopic (exact) mass is 545 g/mol. The number of piperidine rings is 1. The van der Waals surface area contributed by atoms with Gasteiger partial charge >= 0.3 is 0 Å². The third kappa shape index (κ3) is 4.16. The average molecular weight is 546 g/mol. The van der Waals surface area contributed by atoms with E-state index in [1.54, 1.807) is 24.8 Å². The smallest absolute Gasteiger partial charge is 0.228 e. The number of anilines is 2. The molecule has 1 aromatic carbocycles. The number of benzene rings is 1. The average Bonchev–Trinajstić information content (AvgIpc) is 3.48. The van der Waals surface area contributed by atoms with E-state index >= 15 is 0 Å². The van der Waals surface area contributed by atoms with E-state index in [9.17, 15) is 0 Å². The van der Waals surface area contributed by atoms with Gasteiger partial charge in [-0.25, -0.2) is 29.9 Å². The summed E-state index contributed by atoms with van der Waals surface area (Å²) in [4.78, 5) is 38.0. The van der Waals surface area contributed by atoms with E-state index in [1.807, 2.05) is 28.8 Å². The molecule has 4 aliphatic heterocycles. The van der Waals surface area contributed by atoms with Crippen LogP contribution in [0.4, 0.5) is 11.8 Å². The van der Waals surface area contributed by atoms with E-state index in [-0.39, 0.29) is 0 Å². The van der Waals surface area contributed by atoms with Crippen LogP contribution in [0, 0.1) is 0 Å². The number of aromatic nitrogens is 10. The van der Waals surface area contributed by atoms with Crippen LogP contribution in [0.1, 0.15) is 19.3 Å². The molecule has 0 spiro atoms. The maximum absolute atomic E-state index is 5.12. The Morgan fingerprint density at radius 3 is 2.49 bits per heavy atom. The van der Waals surface area contributed by atoms with Crippen molar-refractivity contribution in [1.82, 2.24) is 55.0 Å². The first-order valence-electron chi connectivity index (χ1n) is 14.0. The maximum atomic E-state index is 5.12. The van der Waals surface area contributed by atoms with Crippen LogP contribution in [-0.4, -0.2) is 88.9 Å². The lowest BCUT2D eigenvalue weighted by molar-refractivity contribution is 0.570. The zero-order valence-electron chi connectivity index (χ0n) is 22.3. The maximum Gasteiger partial charge on any atom is 0.228 e. The summed E-state index contributed by atoms with van der Waals surface area (Å²) in [7, 11) is 0. The minimum atomic E-state index is 0.397. The van der Waals surface area contributed by atoms with Crippen molar-refractivity contribution in [1.29, 1.82) is 0 Å². The third-order valence-electron chi connectivity index (χ3n) is 7.72. The molecule has 0 saturated carbocycles. The molecule has 13 heteroatoms.